The molecule has 5 N–H and O–H groups in total. The number of terminal acetylenes is 1. The third kappa shape index (κ3) is 12.2. The molecule has 6 aliphatic heterocycles. The monoisotopic (exact) mass is 1140 g/mol. The zero-order valence-electron chi connectivity index (χ0n) is 46.3. The van der Waals surface area contributed by atoms with Crippen LogP contribution in [0.1, 0.15) is 76.8 Å². The van der Waals surface area contributed by atoms with Gasteiger partial charge < -0.3 is 54.4 Å². The molecule has 5 fully saturated rings. The van der Waals surface area contributed by atoms with Gasteiger partial charge in [0.2, 0.25) is 11.8 Å². The number of hydrogen-bond donors (Lipinski definition) is 5. The number of hydrogen-bond acceptors (Lipinski definition) is 19. The van der Waals surface area contributed by atoms with E-state index in [9.17, 15) is 29.1 Å². The van der Waals surface area contributed by atoms with Crippen molar-refractivity contribution in [2.24, 2.45) is 0 Å². The Morgan fingerprint density at radius 1 is 0.892 bits per heavy atom. The number of phenols is 1. The van der Waals surface area contributed by atoms with Gasteiger partial charge in [0.25, 0.3) is 11.8 Å². The fraction of sp³-hybridized carbons (Fsp3) is 0.467. The molecule has 0 aliphatic carbocycles. The van der Waals surface area contributed by atoms with Crippen LogP contribution < -0.4 is 30.9 Å². The molecule has 0 saturated carbocycles. The fourth-order valence-electron chi connectivity index (χ4n) is 12.5. The number of halogens is 1. The van der Waals surface area contributed by atoms with Crippen LogP contribution in [0.2, 0.25) is 0 Å². The third-order valence-electron chi connectivity index (χ3n) is 16.4. The second kappa shape index (κ2) is 24.9. The molecule has 5 saturated heterocycles. The van der Waals surface area contributed by atoms with Gasteiger partial charge in [-0.05, 0) is 87.2 Å². The summed E-state index contributed by atoms with van der Waals surface area (Å²) in [5.74, 6) is 0.487. The third-order valence-corrected chi connectivity index (χ3v) is 16.4. The first-order valence-electron chi connectivity index (χ1n) is 28.3. The smallest absolute Gasteiger partial charge is 0.407 e. The number of alkyl carbamates (subject to hydrolysis) is 1. The molecule has 8 heterocycles. The lowest BCUT2D eigenvalue weighted by molar-refractivity contribution is -0.136. The van der Waals surface area contributed by atoms with E-state index in [-0.39, 0.29) is 73.7 Å². The van der Waals surface area contributed by atoms with Crippen molar-refractivity contribution < 1.29 is 61.9 Å². The Balaban J connectivity index is 0.588. The second-order valence-corrected chi connectivity index (χ2v) is 21.9. The lowest BCUT2D eigenvalue weighted by Gasteiger charge is -2.35. The maximum absolute atomic E-state index is 15.2. The largest absolute Gasteiger partial charge is 0.508 e. The number of ether oxygens (including phenoxy) is 6. The van der Waals surface area contributed by atoms with Gasteiger partial charge in [0.1, 0.15) is 36.6 Å². The highest BCUT2D eigenvalue weighted by molar-refractivity contribution is 6.23. The maximum Gasteiger partial charge on any atom is 0.407 e. The number of piperidine rings is 1. The van der Waals surface area contributed by atoms with Crippen LogP contribution >= 0.6 is 0 Å². The Hall–Kier alpha value is -7.85. The highest BCUT2D eigenvalue weighted by Crippen LogP contribution is 2.45. The molecular weight excluding hydrogens is 1070 g/mol. The molecule has 436 valence electrons. The van der Waals surface area contributed by atoms with Gasteiger partial charge in [-0.1, -0.05) is 24.1 Å². The van der Waals surface area contributed by atoms with Crippen molar-refractivity contribution >= 4 is 62.9 Å². The van der Waals surface area contributed by atoms with Crippen LogP contribution in [0.25, 0.3) is 32.9 Å². The quantitative estimate of drug-likeness (QED) is 0.0241. The van der Waals surface area contributed by atoms with Crippen LogP contribution in [0, 0.1) is 25.1 Å². The second-order valence-electron chi connectivity index (χ2n) is 21.9. The summed E-state index contributed by atoms with van der Waals surface area (Å²) in [5.41, 5.74) is 4.09. The van der Waals surface area contributed by atoms with E-state index >= 15 is 4.39 Å². The molecule has 0 radical (unpaired) electrons. The number of piperazine rings is 1. The molecule has 5 aromatic rings. The summed E-state index contributed by atoms with van der Waals surface area (Å²) in [7, 11) is 0. The van der Waals surface area contributed by atoms with E-state index in [4.69, 9.17) is 49.8 Å². The molecule has 5 atom stereocenters. The molecule has 2 aromatic heterocycles. The molecule has 3 aromatic carbocycles. The molecule has 4 unspecified atom stereocenters. The first-order chi connectivity index (χ1) is 40.3. The Morgan fingerprint density at radius 2 is 1.61 bits per heavy atom. The van der Waals surface area contributed by atoms with Gasteiger partial charge in [0.05, 0.1) is 91.7 Å². The van der Waals surface area contributed by atoms with E-state index in [2.05, 4.69) is 43.6 Å². The number of phenolic OH excluding ortho intramolecular Hbond substituents is 1. The van der Waals surface area contributed by atoms with E-state index in [1.54, 1.807) is 42.6 Å². The van der Waals surface area contributed by atoms with Crippen LogP contribution in [0.4, 0.5) is 20.7 Å². The van der Waals surface area contributed by atoms with Gasteiger partial charge in [0, 0.05) is 85.7 Å². The summed E-state index contributed by atoms with van der Waals surface area (Å²) >= 11 is 0. The summed E-state index contributed by atoms with van der Waals surface area (Å²) in [6, 6.07) is 10.6. The molecule has 0 spiro atoms. The van der Waals surface area contributed by atoms with Crippen LogP contribution in [-0.4, -0.2) is 188 Å². The van der Waals surface area contributed by atoms with E-state index in [0.717, 1.165) is 60.4 Å². The first kappa shape index (κ1) is 57.0. The number of carbonyl (C=O) groups is 5. The average Bonchev–Trinajstić information content (AvgIpc) is 2.39. The zero-order chi connectivity index (χ0) is 57.8. The van der Waals surface area contributed by atoms with Gasteiger partial charge in [-0.3, -0.25) is 39.3 Å². The number of imide groups is 2. The van der Waals surface area contributed by atoms with Crippen molar-refractivity contribution in [3.8, 4) is 35.4 Å². The SMILES string of the molecule is C#Cc1c(F)ccc2cc(O)cc(-c3ncc4c(N5CC6CCC(C5)N6)nc(OCC56CC[C@@H](COC(=O)NCCOCCOCCOCCOCCNc7ccc8c(c7)C(=O)N(C7CCC(=O)NC7=O)C8=O)N5CC(=C)C6)nc4c3C)c12. The predicted octanol–water partition coefficient (Wildman–Crippen LogP) is 4.77. The van der Waals surface area contributed by atoms with E-state index in [0.29, 0.717) is 117 Å². The van der Waals surface area contributed by atoms with Crippen LogP contribution in [0.15, 0.2) is 60.8 Å². The highest BCUT2D eigenvalue weighted by atomic mass is 19.1. The Labute approximate surface area is 478 Å². The highest BCUT2D eigenvalue weighted by Gasteiger charge is 2.52. The molecule has 22 nitrogen and oxygen atoms in total. The zero-order valence-corrected chi connectivity index (χ0v) is 46.3. The Bertz CT molecular complexity index is 3400. The number of amides is 5. The standard InChI is InChI=1S/C60H67FN10O12/c1-4-43-48(61)10-5-37-25-42(72)27-46(51(37)43)52-36(3)53-47(29-64-52)54(69-31-39-6-7-40(32-69)65-39)68-58(67-53)83-34-60-14-13-41(70(60)30-35(2)28-60)33-82-59(77)63-16-18-79-20-22-81-24-23-80-21-19-78-17-15-62-38-8-9-44-45(26-38)57(76)71(56(44)75)49-11-12-50(73)66-55(49)74/h1,5,8-10,25-27,29,39-41,49,62,65,72H,2,6-7,11-24,28,30-34H2,3H3,(H,63,77)(H,66,73,74)/t39?,40?,41-,49?,60?/m0/s1. The number of nitrogens with zero attached hydrogens (tertiary/aromatic N) is 6. The molecule has 23 heteroatoms. The van der Waals surface area contributed by atoms with Crippen LogP contribution in [-0.2, 0) is 33.3 Å². The number of rotatable bonds is 24. The lowest BCUT2D eigenvalue weighted by atomic mass is 9.94. The number of anilines is 2. The van der Waals surface area contributed by atoms with Crippen molar-refractivity contribution in [1.82, 2.24) is 40.7 Å². The number of aromatic hydroxyl groups is 1. The van der Waals surface area contributed by atoms with Crippen molar-refractivity contribution in [1.29, 1.82) is 0 Å². The van der Waals surface area contributed by atoms with E-state index in [1.807, 2.05) is 6.92 Å². The Morgan fingerprint density at radius 3 is 2.35 bits per heavy atom. The van der Waals surface area contributed by atoms with Gasteiger partial charge in [-0.15, -0.1) is 6.42 Å². The van der Waals surface area contributed by atoms with E-state index < -0.39 is 47.1 Å². The van der Waals surface area contributed by atoms with Gasteiger partial charge in [-0.25, -0.2) is 9.18 Å². The number of aromatic nitrogens is 3. The Kier molecular flexibility index (Phi) is 17.1. The summed E-state index contributed by atoms with van der Waals surface area (Å²) in [5, 5.41) is 24.5. The molecule has 6 aliphatic rings. The number of benzene rings is 3. The summed E-state index contributed by atoms with van der Waals surface area (Å²) < 4.78 is 50.0. The molecule has 2 bridgehead atoms. The predicted molar refractivity (Wildman–Crippen MR) is 303 cm³/mol. The summed E-state index contributed by atoms with van der Waals surface area (Å²) in [4.78, 5) is 83.3. The maximum atomic E-state index is 15.2. The van der Waals surface area contributed by atoms with Crippen molar-refractivity contribution in [3.63, 3.8) is 0 Å². The number of fused-ring (bicyclic) bond motifs is 6. The molecule has 11 rings (SSSR count). The topological polar surface area (TPSA) is 257 Å². The number of nitrogens with one attached hydrogen (secondary N) is 4. The average molecular weight is 1140 g/mol. The van der Waals surface area contributed by atoms with Crippen LogP contribution in [0.3, 0.4) is 0 Å². The van der Waals surface area contributed by atoms with Crippen molar-refractivity contribution in [3.05, 3.63) is 88.9 Å². The minimum absolute atomic E-state index is 0.00662. The number of pyridine rings is 1. The minimum Gasteiger partial charge on any atom is -0.508 e. The lowest BCUT2D eigenvalue weighted by Crippen LogP contribution is -2.54. The van der Waals surface area contributed by atoms with Gasteiger partial charge >= 0.3 is 12.1 Å². The summed E-state index contributed by atoms with van der Waals surface area (Å²) in [6.07, 6.45) is 11.7. The first-order valence-corrected chi connectivity index (χ1v) is 28.3. The number of carbonyl (C=O) groups excluding carboxylic acids is 5. The number of aryl methyl sites for hydroxylation is 1. The van der Waals surface area contributed by atoms with Crippen molar-refractivity contribution in [2.45, 2.75) is 81.6 Å². The molecule has 83 heavy (non-hydrogen) atoms. The minimum atomic E-state index is -1.02. The van der Waals surface area contributed by atoms with Gasteiger partial charge in [-0.2, -0.15) is 9.97 Å². The fourth-order valence-corrected chi connectivity index (χ4v) is 12.5. The van der Waals surface area contributed by atoms with E-state index in [1.165, 1.54) is 6.07 Å². The van der Waals surface area contributed by atoms with Crippen molar-refractivity contribution in [2.75, 3.05) is 109 Å². The normalized spacial score (nSPS) is 22.1. The summed E-state index contributed by atoms with van der Waals surface area (Å²) in [6.45, 7) is 12.4. The molecule has 5 amide bonds. The van der Waals surface area contributed by atoms with Gasteiger partial charge in [0.15, 0.2) is 0 Å². The molecular formula is C60H67FN10O12. The van der Waals surface area contributed by atoms with Crippen LogP contribution in [0.5, 0.6) is 11.8 Å².